The van der Waals surface area contributed by atoms with E-state index in [0.717, 1.165) is 73.3 Å². The van der Waals surface area contributed by atoms with E-state index < -0.39 is 0 Å². The summed E-state index contributed by atoms with van der Waals surface area (Å²) in [5.41, 5.74) is 4.58. The van der Waals surface area contributed by atoms with E-state index in [-0.39, 0.29) is 23.5 Å². The van der Waals surface area contributed by atoms with Gasteiger partial charge in [0.15, 0.2) is 0 Å². The number of amides is 2. The lowest BCUT2D eigenvalue weighted by Crippen LogP contribution is -2.35. The molecule has 2 amide bonds. The van der Waals surface area contributed by atoms with Gasteiger partial charge in [0.2, 0.25) is 0 Å². The van der Waals surface area contributed by atoms with E-state index >= 15 is 0 Å². The first-order valence-corrected chi connectivity index (χ1v) is 15.0. The standard InChI is InChI=1S/C34H42N6O3/c1-34(2,3)15-20-39(27-9-10-30-26(21-27)12-19-40(30)33(43)35-4)28-11-16-36-31(22-28)37-32(42)25-7-5-24(6-8-25)23-38-17-13-29(41)14-18-38/h5-12,16,19,21-22,29,41H,13-15,17-18,20,23H2,1-4H3,(H,35,43)(H,36,37,42). The highest BCUT2D eigenvalue weighted by molar-refractivity contribution is 6.04. The van der Waals surface area contributed by atoms with Gasteiger partial charge < -0.3 is 20.6 Å². The zero-order chi connectivity index (χ0) is 30.6. The number of hydrogen-bond acceptors (Lipinski definition) is 6. The number of carbonyl (C=O) groups excluding carboxylic acids is 2. The van der Waals surface area contributed by atoms with Gasteiger partial charge in [0, 0.05) is 74.0 Å². The molecular formula is C34H42N6O3. The molecule has 4 aromatic rings. The van der Waals surface area contributed by atoms with Gasteiger partial charge in [-0.25, -0.2) is 9.78 Å². The van der Waals surface area contributed by atoms with Crippen molar-refractivity contribution in [2.45, 2.75) is 52.7 Å². The van der Waals surface area contributed by atoms with Crippen LogP contribution in [0.25, 0.3) is 10.9 Å². The monoisotopic (exact) mass is 582 g/mol. The van der Waals surface area contributed by atoms with E-state index in [1.165, 1.54) is 0 Å². The third-order valence-electron chi connectivity index (χ3n) is 7.98. The molecule has 1 aliphatic rings. The Hall–Kier alpha value is -4.21. The maximum atomic E-state index is 13.2. The average Bonchev–Trinajstić information content (AvgIpc) is 3.41. The van der Waals surface area contributed by atoms with Gasteiger partial charge in [-0.1, -0.05) is 32.9 Å². The summed E-state index contributed by atoms with van der Waals surface area (Å²) < 4.78 is 1.60. The molecular weight excluding hydrogens is 540 g/mol. The Bertz CT molecular complexity index is 1570. The Morgan fingerprint density at radius 3 is 2.42 bits per heavy atom. The van der Waals surface area contributed by atoms with Gasteiger partial charge >= 0.3 is 6.03 Å². The predicted octanol–water partition coefficient (Wildman–Crippen LogP) is 6.01. The number of nitrogens with one attached hydrogen (secondary N) is 2. The van der Waals surface area contributed by atoms with Gasteiger partial charge in [0.1, 0.15) is 5.82 Å². The van der Waals surface area contributed by atoms with Crippen molar-refractivity contribution in [2.24, 2.45) is 5.41 Å². The fourth-order valence-corrected chi connectivity index (χ4v) is 5.39. The molecule has 0 aliphatic carbocycles. The molecule has 0 radical (unpaired) electrons. The lowest BCUT2D eigenvalue weighted by molar-refractivity contribution is 0.0792. The summed E-state index contributed by atoms with van der Waals surface area (Å²) >= 11 is 0. The first-order valence-electron chi connectivity index (χ1n) is 15.0. The molecule has 226 valence electrons. The quantitative estimate of drug-likeness (QED) is 0.235. The molecule has 2 aromatic heterocycles. The lowest BCUT2D eigenvalue weighted by atomic mass is 9.92. The van der Waals surface area contributed by atoms with Crippen molar-refractivity contribution in [1.29, 1.82) is 0 Å². The van der Waals surface area contributed by atoms with Crippen LogP contribution in [-0.2, 0) is 6.54 Å². The van der Waals surface area contributed by atoms with Gasteiger partial charge in [0.25, 0.3) is 5.91 Å². The third kappa shape index (κ3) is 7.60. The molecule has 1 fully saturated rings. The number of aliphatic hydroxyl groups is 1. The number of aromatic nitrogens is 2. The van der Waals surface area contributed by atoms with E-state index in [9.17, 15) is 14.7 Å². The topological polar surface area (TPSA) is 103 Å². The number of carbonyl (C=O) groups is 2. The van der Waals surface area contributed by atoms with Crippen LogP contribution in [-0.4, -0.2) is 64.3 Å². The second kappa shape index (κ2) is 13.0. The van der Waals surface area contributed by atoms with E-state index in [0.29, 0.717) is 11.4 Å². The number of aliphatic hydroxyl groups excluding tert-OH is 1. The van der Waals surface area contributed by atoms with Crippen LogP contribution in [0.1, 0.15) is 56.0 Å². The molecule has 9 nitrogen and oxygen atoms in total. The number of nitrogens with zero attached hydrogens (tertiary/aromatic N) is 4. The minimum Gasteiger partial charge on any atom is -0.393 e. The highest BCUT2D eigenvalue weighted by Gasteiger charge is 2.19. The van der Waals surface area contributed by atoms with Crippen molar-refractivity contribution in [3.8, 4) is 0 Å². The molecule has 2 aromatic carbocycles. The van der Waals surface area contributed by atoms with Crippen molar-refractivity contribution in [1.82, 2.24) is 19.8 Å². The number of hydrogen-bond donors (Lipinski definition) is 3. The highest BCUT2D eigenvalue weighted by atomic mass is 16.3. The van der Waals surface area contributed by atoms with Gasteiger partial charge in [-0.2, -0.15) is 0 Å². The van der Waals surface area contributed by atoms with Crippen LogP contribution in [0.4, 0.5) is 22.0 Å². The predicted molar refractivity (Wildman–Crippen MR) is 172 cm³/mol. The molecule has 0 atom stereocenters. The Balaban J connectivity index is 1.33. The number of likely N-dealkylation sites (tertiary alicyclic amines) is 1. The SMILES string of the molecule is CNC(=O)n1ccc2cc(N(CCC(C)(C)C)c3ccnc(NC(=O)c4ccc(CN5CCC(O)CC5)cc4)c3)ccc21. The maximum absolute atomic E-state index is 13.2. The zero-order valence-electron chi connectivity index (χ0n) is 25.5. The molecule has 43 heavy (non-hydrogen) atoms. The van der Waals surface area contributed by atoms with Crippen molar-refractivity contribution in [2.75, 3.05) is 36.9 Å². The number of piperidine rings is 1. The lowest BCUT2D eigenvalue weighted by Gasteiger charge is -2.29. The van der Waals surface area contributed by atoms with E-state index in [2.05, 4.69) is 52.3 Å². The summed E-state index contributed by atoms with van der Waals surface area (Å²) in [7, 11) is 1.62. The number of fused-ring (bicyclic) bond motifs is 1. The maximum Gasteiger partial charge on any atom is 0.325 e. The molecule has 0 bridgehead atoms. The second-order valence-electron chi connectivity index (χ2n) is 12.5. The molecule has 3 N–H and O–H groups in total. The van der Waals surface area contributed by atoms with E-state index in [1.807, 2.05) is 54.6 Å². The van der Waals surface area contributed by atoms with E-state index in [4.69, 9.17) is 0 Å². The average molecular weight is 583 g/mol. The van der Waals surface area contributed by atoms with Crippen LogP contribution in [0.15, 0.2) is 73.1 Å². The summed E-state index contributed by atoms with van der Waals surface area (Å²) in [5.74, 6) is 0.265. The Morgan fingerprint density at radius 1 is 1.00 bits per heavy atom. The second-order valence-corrected chi connectivity index (χ2v) is 12.5. The number of rotatable bonds is 8. The van der Waals surface area contributed by atoms with Crippen LogP contribution in [0.3, 0.4) is 0 Å². The Morgan fingerprint density at radius 2 is 1.72 bits per heavy atom. The number of benzene rings is 2. The number of anilines is 3. The molecule has 0 spiro atoms. The smallest absolute Gasteiger partial charge is 0.325 e. The first-order chi connectivity index (χ1) is 20.6. The minimum absolute atomic E-state index is 0.121. The Labute approximate surface area is 253 Å². The van der Waals surface area contributed by atoms with Crippen molar-refractivity contribution >= 4 is 40.0 Å². The first kappa shape index (κ1) is 30.3. The fraction of sp³-hybridized carbons (Fsp3) is 0.382. The van der Waals surface area contributed by atoms with Crippen LogP contribution >= 0.6 is 0 Å². The molecule has 1 aliphatic heterocycles. The van der Waals surface area contributed by atoms with Crippen LogP contribution in [0.5, 0.6) is 0 Å². The summed E-state index contributed by atoms with van der Waals surface area (Å²) in [6.45, 7) is 10.0. The van der Waals surface area contributed by atoms with Crippen molar-refractivity contribution < 1.29 is 14.7 Å². The normalized spacial score (nSPS) is 14.5. The van der Waals surface area contributed by atoms with Crippen LogP contribution in [0, 0.1) is 5.41 Å². The minimum atomic E-state index is -0.213. The number of pyridine rings is 1. The largest absolute Gasteiger partial charge is 0.393 e. The van der Waals surface area contributed by atoms with Crippen LogP contribution in [0.2, 0.25) is 0 Å². The van der Waals surface area contributed by atoms with Crippen LogP contribution < -0.4 is 15.5 Å². The Kier molecular flexibility index (Phi) is 9.13. The van der Waals surface area contributed by atoms with E-state index in [1.54, 1.807) is 24.0 Å². The van der Waals surface area contributed by atoms with Gasteiger partial charge in [-0.3, -0.25) is 14.3 Å². The molecule has 9 heteroatoms. The highest BCUT2D eigenvalue weighted by Crippen LogP contribution is 2.32. The molecule has 5 rings (SSSR count). The third-order valence-corrected chi connectivity index (χ3v) is 7.98. The van der Waals surface area contributed by atoms with Gasteiger partial charge in [-0.15, -0.1) is 0 Å². The molecule has 3 heterocycles. The molecule has 0 unspecified atom stereocenters. The summed E-state index contributed by atoms with van der Waals surface area (Å²) in [4.78, 5) is 34.4. The van der Waals surface area contributed by atoms with Gasteiger partial charge in [-0.05, 0) is 72.7 Å². The summed E-state index contributed by atoms with van der Waals surface area (Å²) in [6.07, 6.45) is 5.86. The zero-order valence-corrected chi connectivity index (χ0v) is 25.5. The molecule has 0 saturated carbocycles. The van der Waals surface area contributed by atoms with Crippen molar-refractivity contribution in [3.05, 3.63) is 84.2 Å². The van der Waals surface area contributed by atoms with Crippen molar-refractivity contribution in [3.63, 3.8) is 0 Å². The summed E-state index contributed by atoms with van der Waals surface area (Å²) in [5, 5.41) is 16.4. The fourth-order valence-electron chi connectivity index (χ4n) is 5.39. The summed E-state index contributed by atoms with van der Waals surface area (Å²) in [6, 6.07) is 19.4. The molecule has 1 saturated heterocycles. The van der Waals surface area contributed by atoms with Gasteiger partial charge in [0.05, 0.1) is 11.6 Å².